The van der Waals surface area contributed by atoms with Crippen LogP contribution in [0.25, 0.3) is 0 Å². The van der Waals surface area contributed by atoms with Gasteiger partial charge in [-0.2, -0.15) is 0 Å². The summed E-state index contributed by atoms with van der Waals surface area (Å²) in [5, 5.41) is 2.90. The van der Waals surface area contributed by atoms with E-state index in [0.717, 1.165) is 0 Å². The lowest BCUT2D eigenvalue weighted by Gasteiger charge is -2.32. The van der Waals surface area contributed by atoms with E-state index >= 15 is 0 Å². The summed E-state index contributed by atoms with van der Waals surface area (Å²) in [7, 11) is 1.77. The first-order chi connectivity index (χ1) is 7.46. The van der Waals surface area contributed by atoms with Crippen LogP contribution in [-0.2, 0) is 9.59 Å². The second kappa shape index (κ2) is 5.63. The summed E-state index contributed by atoms with van der Waals surface area (Å²) in [5.41, 5.74) is -0.543. The van der Waals surface area contributed by atoms with Gasteiger partial charge in [-0.1, -0.05) is 20.8 Å². The maximum atomic E-state index is 11.8. The molecule has 0 heterocycles. The van der Waals surface area contributed by atoms with Crippen LogP contribution in [-0.4, -0.2) is 42.3 Å². The molecule has 4 nitrogen and oxygen atoms in total. The van der Waals surface area contributed by atoms with E-state index in [9.17, 15) is 9.59 Å². The third kappa shape index (κ3) is 5.82. The zero-order valence-electron chi connectivity index (χ0n) is 12.2. The van der Waals surface area contributed by atoms with Gasteiger partial charge in [-0.15, -0.1) is 0 Å². The van der Waals surface area contributed by atoms with Gasteiger partial charge in [-0.3, -0.25) is 9.59 Å². The molecule has 0 atom stereocenters. The van der Waals surface area contributed by atoms with Gasteiger partial charge in [-0.05, 0) is 20.8 Å². The lowest BCUT2D eigenvalue weighted by molar-refractivity contribution is -0.133. The molecule has 1 N–H and O–H groups in total. The van der Waals surface area contributed by atoms with Crippen molar-refractivity contribution in [3.8, 4) is 0 Å². The number of nitrogens with zero attached hydrogens (tertiary/aromatic N) is 1. The SMILES string of the molecule is CN(C(=O)CNCC(=O)C(C)(C)C)C(C)(C)C. The molecule has 0 aromatic rings. The van der Waals surface area contributed by atoms with Crippen molar-refractivity contribution >= 4 is 11.7 Å². The largest absolute Gasteiger partial charge is 0.340 e. The number of hydrogen-bond acceptors (Lipinski definition) is 3. The number of carbonyl (C=O) groups is 2. The molecule has 0 aliphatic heterocycles. The predicted molar refractivity (Wildman–Crippen MR) is 69.9 cm³/mol. The van der Waals surface area contributed by atoms with E-state index in [4.69, 9.17) is 0 Å². The van der Waals surface area contributed by atoms with E-state index in [2.05, 4.69) is 5.32 Å². The Bertz CT molecular complexity index is 285. The van der Waals surface area contributed by atoms with Gasteiger partial charge in [0.05, 0.1) is 13.1 Å². The maximum absolute atomic E-state index is 11.8. The second-order valence-corrected chi connectivity index (χ2v) is 6.40. The summed E-state index contributed by atoms with van der Waals surface area (Å²) in [6, 6.07) is 0. The fourth-order valence-electron chi connectivity index (χ4n) is 1.04. The highest BCUT2D eigenvalue weighted by atomic mass is 16.2. The van der Waals surface area contributed by atoms with E-state index in [-0.39, 0.29) is 35.7 Å². The Morgan fingerprint density at radius 3 is 1.82 bits per heavy atom. The molecule has 0 aromatic heterocycles. The molecule has 0 saturated carbocycles. The van der Waals surface area contributed by atoms with Crippen molar-refractivity contribution < 1.29 is 9.59 Å². The van der Waals surface area contributed by atoms with Crippen molar-refractivity contribution in [1.29, 1.82) is 0 Å². The number of rotatable bonds is 4. The van der Waals surface area contributed by atoms with Gasteiger partial charge in [0, 0.05) is 18.0 Å². The number of hydrogen-bond donors (Lipinski definition) is 1. The van der Waals surface area contributed by atoms with Crippen LogP contribution in [0.3, 0.4) is 0 Å². The van der Waals surface area contributed by atoms with Gasteiger partial charge in [0.2, 0.25) is 5.91 Å². The van der Waals surface area contributed by atoms with Gasteiger partial charge < -0.3 is 10.2 Å². The van der Waals surface area contributed by atoms with Crippen LogP contribution >= 0.6 is 0 Å². The predicted octanol–water partition coefficient (Wildman–Crippen LogP) is 1.45. The highest BCUT2D eigenvalue weighted by Gasteiger charge is 2.23. The summed E-state index contributed by atoms with van der Waals surface area (Å²) in [6.07, 6.45) is 0. The summed E-state index contributed by atoms with van der Waals surface area (Å²) < 4.78 is 0. The summed E-state index contributed by atoms with van der Waals surface area (Å²) in [4.78, 5) is 25.1. The van der Waals surface area contributed by atoms with Crippen molar-refractivity contribution in [2.75, 3.05) is 20.1 Å². The first-order valence-electron chi connectivity index (χ1n) is 5.97. The van der Waals surface area contributed by atoms with Gasteiger partial charge >= 0.3 is 0 Å². The molecule has 0 aliphatic rings. The van der Waals surface area contributed by atoms with E-state index in [1.165, 1.54) is 0 Å². The molecule has 0 saturated heterocycles. The molecule has 0 unspecified atom stereocenters. The Labute approximate surface area is 105 Å². The molecule has 0 rings (SSSR count). The molecule has 1 amide bonds. The van der Waals surface area contributed by atoms with Crippen LogP contribution in [0.4, 0.5) is 0 Å². The Kier molecular flexibility index (Phi) is 5.33. The summed E-state index contributed by atoms with van der Waals surface area (Å²) in [5.74, 6) is 0.114. The smallest absolute Gasteiger partial charge is 0.236 e. The quantitative estimate of drug-likeness (QED) is 0.811. The number of Topliss-reactive ketones (excluding diaryl/α,β-unsaturated/α-hetero) is 1. The Balaban J connectivity index is 4.08. The number of ketones is 1. The Morgan fingerprint density at radius 2 is 1.47 bits per heavy atom. The topological polar surface area (TPSA) is 49.4 Å². The van der Waals surface area contributed by atoms with E-state index in [0.29, 0.717) is 0 Å². The van der Waals surface area contributed by atoms with Crippen molar-refractivity contribution in [2.24, 2.45) is 5.41 Å². The number of nitrogens with one attached hydrogen (secondary N) is 1. The number of amides is 1. The van der Waals surface area contributed by atoms with Crippen molar-refractivity contribution in [1.82, 2.24) is 10.2 Å². The normalized spacial score (nSPS) is 12.4. The standard InChI is InChI=1S/C13H26N2O2/c1-12(2,3)10(16)8-14-9-11(17)15(7)13(4,5)6/h14H,8-9H2,1-7H3. The van der Waals surface area contributed by atoms with E-state index < -0.39 is 0 Å². The molecule has 100 valence electrons. The van der Waals surface area contributed by atoms with Crippen LogP contribution in [0, 0.1) is 5.41 Å². The van der Waals surface area contributed by atoms with Crippen LogP contribution < -0.4 is 5.32 Å². The molecule has 0 aromatic carbocycles. The van der Waals surface area contributed by atoms with Crippen LogP contribution in [0.2, 0.25) is 0 Å². The molecular formula is C13H26N2O2. The second-order valence-electron chi connectivity index (χ2n) is 6.40. The third-order valence-corrected chi connectivity index (χ3v) is 2.78. The van der Waals surface area contributed by atoms with Gasteiger partial charge in [0.15, 0.2) is 5.78 Å². The molecule has 0 spiro atoms. The highest BCUT2D eigenvalue weighted by Crippen LogP contribution is 2.13. The molecule has 0 aliphatic carbocycles. The first kappa shape index (κ1) is 16.1. The highest BCUT2D eigenvalue weighted by molar-refractivity contribution is 5.86. The maximum Gasteiger partial charge on any atom is 0.236 e. The van der Waals surface area contributed by atoms with Gasteiger partial charge in [0.1, 0.15) is 0 Å². The monoisotopic (exact) mass is 242 g/mol. The molecule has 4 heteroatoms. The fraction of sp³-hybridized carbons (Fsp3) is 0.846. The van der Waals surface area contributed by atoms with Crippen LogP contribution in [0.1, 0.15) is 41.5 Å². The van der Waals surface area contributed by atoms with E-state index in [1.807, 2.05) is 41.5 Å². The lowest BCUT2D eigenvalue weighted by atomic mass is 9.91. The van der Waals surface area contributed by atoms with Gasteiger partial charge in [-0.25, -0.2) is 0 Å². The molecular weight excluding hydrogens is 216 g/mol. The Morgan fingerprint density at radius 1 is 1.00 bits per heavy atom. The van der Waals surface area contributed by atoms with Crippen molar-refractivity contribution in [3.05, 3.63) is 0 Å². The summed E-state index contributed by atoms with van der Waals surface area (Å²) in [6.45, 7) is 12.0. The van der Waals surface area contributed by atoms with E-state index in [1.54, 1.807) is 11.9 Å². The zero-order valence-corrected chi connectivity index (χ0v) is 12.2. The minimum absolute atomic E-state index is 0.000732. The van der Waals surface area contributed by atoms with Crippen molar-refractivity contribution in [2.45, 2.75) is 47.1 Å². The summed E-state index contributed by atoms with van der Waals surface area (Å²) >= 11 is 0. The fourth-order valence-corrected chi connectivity index (χ4v) is 1.04. The lowest BCUT2D eigenvalue weighted by Crippen LogP contribution is -2.47. The molecule has 17 heavy (non-hydrogen) atoms. The van der Waals surface area contributed by atoms with Crippen LogP contribution in [0.15, 0.2) is 0 Å². The number of likely N-dealkylation sites (N-methyl/N-ethyl adjacent to an activating group) is 1. The zero-order chi connectivity index (χ0) is 13.9. The Hall–Kier alpha value is -0.900. The minimum Gasteiger partial charge on any atom is -0.340 e. The van der Waals surface area contributed by atoms with Gasteiger partial charge in [0.25, 0.3) is 0 Å². The van der Waals surface area contributed by atoms with Crippen molar-refractivity contribution in [3.63, 3.8) is 0 Å². The molecule has 0 radical (unpaired) electrons. The minimum atomic E-state index is -0.355. The third-order valence-electron chi connectivity index (χ3n) is 2.78. The van der Waals surface area contributed by atoms with Crippen LogP contribution in [0.5, 0.6) is 0 Å². The average molecular weight is 242 g/mol. The molecule has 0 bridgehead atoms. The number of carbonyl (C=O) groups excluding carboxylic acids is 2. The average Bonchev–Trinajstić information content (AvgIpc) is 2.13. The first-order valence-corrected chi connectivity index (χ1v) is 5.97. The molecule has 0 fully saturated rings.